The van der Waals surface area contributed by atoms with Crippen LogP contribution in [0.5, 0.6) is 0 Å². The zero-order valence-corrected chi connectivity index (χ0v) is 15.5. The number of ether oxygens (including phenoxy) is 1. The Labute approximate surface area is 157 Å². The van der Waals surface area contributed by atoms with Crippen molar-refractivity contribution in [2.45, 2.75) is 57.2 Å². The van der Waals surface area contributed by atoms with Gasteiger partial charge in [-0.1, -0.05) is 20.4 Å². The monoisotopic (exact) mass is 378 g/mol. The van der Waals surface area contributed by atoms with Crippen molar-refractivity contribution in [2.75, 3.05) is 6.61 Å². The Kier molecular flexibility index (Phi) is 3.13. The van der Waals surface area contributed by atoms with Crippen molar-refractivity contribution in [1.82, 2.24) is 0 Å². The minimum absolute atomic E-state index is 0.164. The molecule has 0 amide bonds. The lowest BCUT2D eigenvalue weighted by atomic mass is 9.35. The smallest absolute Gasteiger partial charge is 0.208 e. The number of ketones is 2. The summed E-state index contributed by atoms with van der Waals surface area (Å²) in [6.45, 7) is 7.36. The molecule has 7 heteroatoms. The first-order valence-corrected chi connectivity index (χ1v) is 9.66. The summed E-state index contributed by atoms with van der Waals surface area (Å²) in [4.78, 5) is 26.7. The molecule has 7 nitrogen and oxygen atoms in total. The minimum atomic E-state index is -2.28. The second-order valence-corrected chi connectivity index (χ2v) is 9.93. The van der Waals surface area contributed by atoms with Crippen LogP contribution in [0.15, 0.2) is 12.2 Å². The number of carbonyl (C=O) groups excluding carboxylic acids is 2. The van der Waals surface area contributed by atoms with E-state index in [-0.39, 0.29) is 18.6 Å². The fourth-order valence-corrected chi connectivity index (χ4v) is 7.78. The van der Waals surface area contributed by atoms with Crippen molar-refractivity contribution >= 4 is 11.6 Å². The largest absolute Gasteiger partial charge is 0.391 e. The summed E-state index contributed by atoms with van der Waals surface area (Å²) >= 11 is 0. The molecule has 4 N–H and O–H groups in total. The SMILES string of the molecule is C=C1C(=O)C23[C@@H](CC[C@@H]1[C@@H]2O)[C@@]12CO[C@]3(O)[C@@H](O)[C@@H]1C(C)(C)CC(O)C2=O. The maximum absolute atomic E-state index is 13.4. The molecule has 0 aromatic heterocycles. The van der Waals surface area contributed by atoms with Crippen molar-refractivity contribution in [3.63, 3.8) is 0 Å². The van der Waals surface area contributed by atoms with Gasteiger partial charge in [0.15, 0.2) is 11.6 Å². The predicted octanol–water partition coefficient (Wildman–Crippen LogP) is -0.445. The fraction of sp³-hybridized carbons (Fsp3) is 0.800. The van der Waals surface area contributed by atoms with Gasteiger partial charge in [0.1, 0.15) is 17.6 Å². The molecule has 148 valence electrons. The van der Waals surface area contributed by atoms with Crippen LogP contribution in [-0.4, -0.2) is 62.7 Å². The van der Waals surface area contributed by atoms with Crippen LogP contribution in [0.3, 0.4) is 0 Å². The Morgan fingerprint density at radius 2 is 1.78 bits per heavy atom. The molecule has 2 saturated heterocycles. The molecule has 6 fully saturated rings. The normalized spacial score (nSPS) is 58.2. The van der Waals surface area contributed by atoms with E-state index in [9.17, 15) is 30.0 Å². The summed E-state index contributed by atoms with van der Waals surface area (Å²) in [5.41, 5.74) is -3.58. The zero-order valence-electron chi connectivity index (χ0n) is 15.5. The number of hydrogen-bond donors (Lipinski definition) is 4. The lowest BCUT2D eigenvalue weighted by molar-refractivity contribution is -0.438. The molecule has 4 aliphatic carbocycles. The van der Waals surface area contributed by atoms with E-state index in [1.807, 2.05) is 13.8 Å². The van der Waals surface area contributed by atoms with Gasteiger partial charge < -0.3 is 25.2 Å². The first kappa shape index (κ1) is 17.9. The average molecular weight is 378 g/mol. The topological polar surface area (TPSA) is 124 Å². The van der Waals surface area contributed by atoms with Crippen LogP contribution in [0.2, 0.25) is 0 Å². The molecule has 2 aliphatic heterocycles. The summed E-state index contributed by atoms with van der Waals surface area (Å²) < 4.78 is 5.68. The van der Waals surface area contributed by atoms with Crippen LogP contribution in [0.25, 0.3) is 0 Å². The van der Waals surface area contributed by atoms with Crippen molar-refractivity contribution < 1.29 is 34.8 Å². The number of hydrogen-bond acceptors (Lipinski definition) is 7. The molecule has 4 saturated carbocycles. The summed E-state index contributed by atoms with van der Waals surface area (Å²) in [7, 11) is 0. The Hall–Kier alpha value is -1.12. The van der Waals surface area contributed by atoms with Crippen molar-refractivity contribution in [1.29, 1.82) is 0 Å². The van der Waals surface area contributed by atoms with Crippen LogP contribution in [0, 0.1) is 34.0 Å². The summed E-state index contributed by atoms with van der Waals surface area (Å²) in [6, 6.07) is 0. The first-order valence-electron chi connectivity index (χ1n) is 9.66. The summed E-state index contributed by atoms with van der Waals surface area (Å²) in [5.74, 6) is -5.16. The van der Waals surface area contributed by atoms with Gasteiger partial charge in [0.2, 0.25) is 5.79 Å². The molecular formula is C20H26O7. The Morgan fingerprint density at radius 3 is 2.44 bits per heavy atom. The van der Waals surface area contributed by atoms with Crippen molar-refractivity contribution in [3.8, 4) is 0 Å². The molecule has 27 heavy (non-hydrogen) atoms. The Morgan fingerprint density at radius 1 is 1.11 bits per heavy atom. The third-order valence-corrected chi connectivity index (χ3v) is 8.62. The molecule has 9 atom stereocenters. The van der Waals surface area contributed by atoms with E-state index in [2.05, 4.69) is 6.58 Å². The van der Waals surface area contributed by atoms with Gasteiger partial charge in [-0.25, -0.2) is 0 Å². The average Bonchev–Trinajstić information content (AvgIpc) is 2.70. The van der Waals surface area contributed by atoms with Crippen LogP contribution >= 0.6 is 0 Å². The summed E-state index contributed by atoms with van der Waals surface area (Å²) in [5, 5.41) is 44.5. The number of carbonyl (C=O) groups is 2. The highest BCUT2D eigenvalue weighted by Gasteiger charge is 2.87. The van der Waals surface area contributed by atoms with E-state index in [1.54, 1.807) is 0 Å². The van der Waals surface area contributed by atoms with Gasteiger partial charge in [-0.15, -0.1) is 0 Å². The third-order valence-electron chi connectivity index (χ3n) is 8.62. The predicted molar refractivity (Wildman–Crippen MR) is 91.0 cm³/mol. The van der Waals surface area contributed by atoms with E-state index >= 15 is 0 Å². The molecule has 0 aromatic rings. The van der Waals surface area contributed by atoms with Crippen molar-refractivity contribution in [3.05, 3.63) is 12.2 Å². The van der Waals surface area contributed by atoms with Gasteiger partial charge in [0, 0.05) is 11.8 Å². The number of rotatable bonds is 0. The lowest BCUT2D eigenvalue weighted by Gasteiger charge is -2.73. The van der Waals surface area contributed by atoms with Gasteiger partial charge in [-0.05, 0) is 36.2 Å². The Balaban J connectivity index is 1.83. The molecule has 4 bridgehead atoms. The maximum Gasteiger partial charge on any atom is 0.208 e. The van der Waals surface area contributed by atoms with Crippen LogP contribution in [-0.2, 0) is 14.3 Å². The van der Waals surface area contributed by atoms with E-state index in [0.717, 1.165) is 0 Å². The minimum Gasteiger partial charge on any atom is -0.391 e. The van der Waals surface area contributed by atoms with Gasteiger partial charge in [0.05, 0.1) is 18.1 Å². The van der Waals surface area contributed by atoms with E-state index in [1.165, 1.54) is 0 Å². The zero-order chi connectivity index (χ0) is 19.7. The number of Topliss-reactive ketones (excluding diaryl/α,β-unsaturated/α-hetero) is 2. The third kappa shape index (κ3) is 1.51. The molecule has 6 aliphatic rings. The van der Waals surface area contributed by atoms with E-state index in [4.69, 9.17) is 4.74 Å². The number of aliphatic hydroxyl groups is 4. The molecule has 6 rings (SSSR count). The van der Waals surface area contributed by atoms with Crippen LogP contribution in [0.1, 0.15) is 33.1 Å². The van der Waals surface area contributed by atoms with Crippen LogP contribution in [0.4, 0.5) is 0 Å². The Bertz CT molecular complexity index is 789. The molecule has 2 heterocycles. The van der Waals surface area contributed by atoms with Gasteiger partial charge in [-0.3, -0.25) is 9.59 Å². The van der Waals surface area contributed by atoms with Gasteiger partial charge in [0.25, 0.3) is 0 Å². The number of fused-ring (bicyclic) bond motifs is 2. The number of aliphatic hydroxyl groups excluding tert-OH is 3. The molecule has 0 aromatic carbocycles. The lowest BCUT2D eigenvalue weighted by Crippen LogP contribution is -2.86. The highest BCUT2D eigenvalue weighted by atomic mass is 16.6. The highest BCUT2D eigenvalue weighted by Crippen LogP contribution is 2.75. The molecule has 0 radical (unpaired) electrons. The molecule has 2 spiro atoms. The molecule has 2 unspecified atom stereocenters. The first-order chi connectivity index (χ1) is 12.5. The van der Waals surface area contributed by atoms with E-state index in [0.29, 0.717) is 12.8 Å². The van der Waals surface area contributed by atoms with Crippen molar-refractivity contribution in [2.24, 2.45) is 34.0 Å². The second-order valence-electron chi connectivity index (χ2n) is 9.93. The standard InChI is InChI=1S/C20H26O7/c1-8-9-4-5-11-18-7-27-20(26,19(11,13(8)22)14(9)23)16(25)12(18)17(2,3)6-10(21)15(18)24/h9-12,14,16,21,23,25-26H,1,4-7H2,2-3H3/t9-,10?,11-,12+,14-,16-,18-,19?,20+/m0/s1. The molecular weight excluding hydrogens is 352 g/mol. The fourth-order valence-electron chi connectivity index (χ4n) is 7.78. The van der Waals surface area contributed by atoms with Crippen LogP contribution < -0.4 is 0 Å². The quantitative estimate of drug-likeness (QED) is 0.421. The van der Waals surface area contributed by atoms with Gasteiger partial charge in [-0.2, -0.15) is 0 Å². The second kappa shape index (κ2) is 4.71. The maximum atomic E-state index is 13.4. The summed E-state index contributed by atoms with van der Waals surface area (Å²) in [6.07, 6.45) is -2.97. The highest BCUT2D eigenvalue weighted by molar-refractivity contribution is 6.06. The van der Waals surface area contributed by atoms with E-state index < -0.39 is 69.7 Å². The van der Waals surface area contributed by atoms with Gasteiger partial charge >= 0.3 is 0 Å².